The van der Waals surface area contributed by atoms with Crippen LogP contribution in [0.1, 0.15) is 45.6 Å². The molecule has 3 heteroatoms. The molecule has 0 radical (unpaired) electrons. The van der Waals surface area contributed by atoms with Crippen molar-refractivity contribution in [1.82, 2.24) is 5.32 Å². The van der Waals surface area contributed by atoms with Crippen LogP contribution in [-0.4, -0.2) is 18.5 Å². The molecule has 1 unspecified atom stereocenters. The van der Waals surface area contributed by atoms with Crippen molar-refractivity contribution in [3.63, 3.8) is 0 Å². The lowest BCUT2D eigenvalue weighted by atomic mass is 9.77. The molecule has 1 aromatic rings. The molecule has 1 amide bonds. The summed E-state index contributed by atoms with van der Waals surface area (Å²) >= 11 is 0. The molecule has 110 valence electrons. The molecule has 0 saturated carbocycles. The molecule has 2 N–H and O–H groups in total. The van der Waals surface area contributed by atoms with Crippen LogP contribution < -0.4 is 10.6 Å². The minimum Gasteiger partial charge on any atom is -0.325 e. The second-order valence-corrected chi connectivity index (χ2v) is 6.42. The van der Waals surface area contributed by atoms with Gasteiger partial charge < -0.3 is 10.6 Å². The van der Waals surface area contributed by atoms with E-state index in [0.29, 0.717) is 0 Å². The standard InChI is InChI=1S/C17H26N2O/c1-4-6-13-7-9-14(10-8-13)19-16(20)15-17(2,3)11-5-12-18-15/h7-10,15,18H,4-6,11-12H2,1-3H3,(H,19,20). The number of aryl methyl sites for hydroxylation is 1. The summed E-state index contributed by atoms with van der Waals surface area (Å²) in [5.74, 6) is 0.0814. The van der Waals surface area contributed by atoms with Crippen molar-refractivity contribution in [1.29, 1.82) is 0 Å². The smallest absolute Gasteiger partial charge is 0.242 e. The van der Waals surface area contributed by atoms with Crippen molar-refractivity contribution in [2.75, 3.05) is 11.9 Å². The second-order valence-electron chi connectivity index (χ2n) is 6.42. The van der Waals surface area contributed by atoms with Crippen LogP contribution >= 0.6 is 0 Å². The summed E-state index contributed by atoms with van der Waals surface area (Å²) < 4.78 is 0. The first-order valence-electron chi connectivity index (χ1n) is 7.66. The van der Waals surface area contributed by atoms with Crippen LogP contribution in [0.15, 0.2) is 24.3 Å². The van der Waals surface area contributed by atoms with E-state index < -0.39 is 0 Å². The minimum absolute atomic E-state index is 0.0183. The van der Waals surface area contributed by atoms with Gasteiger partial charge in [0.2, 0.25) is 5.91 Å². The third-order valence-electron chi connectivity index (χ3n) is 4.15. The molecule has 0 spiro atoms. The molecule has 3 nitrogen and oxygen atoms in total. The first-order chi connectivity index (χ1) is 9.53. The van der Waals surface area contributed by atoms with Gasteiger partial charge >= 0.3 is 0 Å². The van der Waals surface area contributed by atoms with Crippen molar-refractivity contribution in [3.05, 3.63) is 29.8 Å². The summed E-state index contributed by atoms with van der Waals surface area (Å²) in [7, 11) is 0. The maximum absolute atomic E-state index is 12.4. The summed E-state index contributed by atoms with van der Waals surface area (Å²) in [6, 6.07) is 8.08. The Bertz CT molecular complexity index is 451. The van der Waals surface area contributed by atoms with E-state index in [-0.39, 0.29) is 17.4 Å². The predicted octanol–water partition coefficient (Wildman–Crippen LogP) is 3.36. The van der Waals surface area contributed by atoms with Crippen LogP contribution in [0.5, 0.6) is 0 Å². The van der Waals surface area contributed by atoms with Crippen molar-refractivity contribution in [2.45, 2.75) is 52.5 Å². The van der Waals surface area contributed by atoms with E-state index >= 15 is 0 Å². The third kappa shape index (κ3) is 3.60. The number of anilines is 1. The number of nitrogens with one attached hydrogen (secondary N) is 2. The van der Waals surface area contributed by atoms with E-state index in [1.807, 2.05) is 12.1 Å². The molecule has 2 rings (SSSR count). The van der Waals surface area contributed by atoms with Gasteiger partial charge in [-0.15, -0.1) is 0 Å². The highest BCUT2D eigenvalue weighted by Crippen LogP contribution is 2.30. The van der Waals surface area contributed by atoms with Crippen molar-refractivity contribution in [3.8, 4) is 0 Å². The van der Waals surface area contributed by atoms with Gasteiger partial charge in [0.25, 0.3) is 0 Å². The highest BCUT2D eigenvalue weighted by Gasteiger charge is 2.36. The Hall–Kier alpha value is -1.35. The van der Waals surface area contributed by atoms with Gasteiger partial charge in [0, 0.05) is 5.69 Å². The minimum atomic E-state index is -0.105. The van der Waals surface area contributed by atoms with Crippen LogP contribution in [0.3, 0.4) is 0 Å². The molecule has 0 aliphatic carbocycles. The van der Waals surface area contributed by atoms with Gasteiger partial charge in [-0.1, -0.05) is 39.3 Å². The zero-order valence-corrected chi connectivity index (χ0v) is 12.8. The Morgan fingerprint density at radius 3 is 2.65 bits per heavy atom. The highest BCUT2D eigenvalue weighted by atomic mass is 16.2. The lowest BCUT2D eigenvalue weighted by molar-refractivity contribution is -0.121. The molecule has 1 aliphatic heterocycles. The Morgan fingerprint density at radius 1 is 1.35 bits per heavy atom. The number of carbonyl (C=O) groups is 1. The number of hydrogen-bond donors (Lipinski definition) is 2. The van der Waals surface area contributed by atoms with E-state index in [9.17, 15) is 4.79 Å². The van der Waals surface area contributed by atoms with Crippen LogP contribution in [0, 0.1) is 5.41 Å². The Kier molecular flexibility index (Phi) is 4.81. The Morgan fingerprint density at radius 2 is 2.05 bits per heavy atom. The van der Waals surface area contributed by atoms with Gasteiger partial charge in [-0.2, -0.15) is 0 Å². The van der Waals surface area contributed by atoms with Crippen molar-refractivity contribution in [2.24, 2.45) is 5.41 Å². The van der Waals surface area contributed by atoms with Gasteiger partial charge in [-0.05, 0) is 48.9 Å². The molecule has 1 saturated heterocycles. The lowest BCUT2D eigenvalue weighted by Gasteiger charge is -2.38. The summed E-state index contributed by atoms with van der Waals surface area (Å²) in [6.07, 6.45) is 4.47. The van der Waals surface area contributed by atoms with Gasteiger partial charge in [0.15, 0.2) is 0 Å². The van der Waals surface area contributed by atoms with Crippen LogP contribution in [0.25, 0.3) is 0 Å². The van der Waals surface area contributed by atoms with Crippen molar-refractivity contribution < 1.29 is 4.79 Å². The highest BCUT2D eigenvalue weighted by molar-refractivity contribution is 5.95. The summed E-state index contributed by atoms with van der Waals surface area (Å²) in [5, 5.41) is 6.38. The average molecular weight is 274 g/mol. The molecule has 20 heavy (non-hydrogen) atoms. The zero-order chi connectivity index (χ0) is 14.6. The fourth-order valence-electron chi connectivity index (χ4n) is 2.92. The maximum Gasteiger partial charge on any atom is 0.242 e. The second kappa shape index (κ2) is 6.40. The number of rotatable bonds is 4. The molecule has 1 fully saturated rings. The van der Waals surface area contributed by atoms with E-state index in [1.165, 1.54) is 5.56 Å². The monoisotopic (exact) mass is 274 g/mol. The zero-order valence-electron chi connectivity index (χ0n) is 12.8. The Balaban J connectivity index is 2.00. The number of benzene rings is 1. The molecule has 1 aliphatic rings. The quantitative estimate of drug-likeness (QED) is 0.884. The number of carbonyl (C=O) groups excluding carboxylic acids is 1. The molecular weight excluding hydrogens is 248 g/mol. The number of amides is 1. The fraction of sp³-hybridized carbons (Fsp3) is 0.588. The molecule has 1 atom stereocenters. The Labute approximate surface area is 122 Å². The van der Waals surface area contributed by atoms with E-state index in [1.54, 1.807) is 0 Å². The molecule has 0 bridgehead atoms. The summed E-state index contributed by atoms with van der Waals surface area (Å²) in [5.41, 5.74) is 2.23. The first kappa shape index (κ1) is 15.0. The first-order valence-corrected chi connectivity index (χ1v) is 7.66. The van der Waals surface area contributed by atoms with E-state index in [0.717, 1.165) is 37.9 Å². The van der Waals surface area contributed by atoms with Crippen LogP contribution in [0.2, 0.25) is 0 Å². The van der Waals surface area contributed by atoms with E-state index in [4.69, 9.17) is 0 Å². The van der Waals surface area contributed by atoms with E-state index in [2.05, 4.69) is 43.5 Å². The summed E-state index contributed by atoms with van der Waals surface area (Å²) in [4.78, 5) is 12.4. The molecule has 0 aromatic heterocycles. The lowest BCUT2D eigenvalue weighted by Crippen LogP contribution is -2.53. The fourth-order valence-corrected chi connectivity index (χ4v) is 2.92. The van der Waals surface area contributed by atoms with Gasteiger partial charge in [-0.25, -0.2) is 0 Å². The largest absolute Gasteiger partial charge is 0.325 e. The van der Waals surface area contributed by atoms with Crippen LogP contribution in [0.4, 0.5) is 5.69 Å². The van der Waals surface area contributed by atoms with Crippen LogP contribution in [-0.2, 0) is 11.2 Å². The number of hydrogen-bond acceptors (Lipinski definition) is 2. The van der Waals surface area contributed by atoms with Gasteiger partial charge in [0.1, 0.15) is 0 Å². The number of piperidine rings is 1. The average Bonchev–Trinajstić information content (AvgIpc) is 2.40. The topological polar surface area (TPSA) is 41.1 Å². The van der Waals surface area contributed by atoms with Gasteiger partial charge in [-0.3, -0.25) is 4.79 Å². The molecule has 1 heterocycles. The maximum atomic E-state index is 12.4. The third-order valence-corrected chi connectivity index (χ3v) is 4.15. The predicted molar refractivity (Wildman–Crippen MR) is 83.9 cm³/mol. The SMILES string of the molecule is CCCc1ccc(NC(=O)C2NCCCC2(C)C)cc1. The van der Waals surface area contributed by atoms with Crippen molar-refractivity contribution >= 4 is 11.6 Å². The molecular formula is C17H26N2O. The molecule has 1 aromatic carbocycles. The van der Waals surface area contributed by atoms with Gasteiger partial charge in [0.05, 0.1) is 6.04 Å². The summed E-state index contributed by atoms with van der Waals surface area (Å²) in [6.45, 7) is 7.42. The normalized spacial score (nSPS) is 21.4.